The molecule has 0 spiro atoms. The monoisotopic (exact) mass is 819 g/mol. The zero-order chi connectivity index (χ0) is 38.1. The molecule has 0 N–H and O–H groups in total. The Morgan fingerprint density at radius 1 is 0.633 bits per heavy atom. The summed E-state index contributed by atoms with van der Waals surface area (Å²) in [7, 11) is 0. The van der Waals surface area contributed by atoms with Crippen LogP contribution in [0.4, 0.5) is 0 Å². The van der Waals surface area contributed by atoms with E-state index in [2.05, 4.69) is 72.3 Å². The van der Waals surface area contributed by atoms with Crippen LogP contribution in [0.1, 0.15) is 44.3 Å². The largest absolute Gasteiger partial charge is 0.500 e. The molecule has 0 aliphatic heterocycles. The van der Waals surface area contributed by atoms with Gasteiger partial charge in [-0.2, -0.15) is 0 Å². The summed E-state index contributed by atoms with van der Waals surface area (Å²) < 4.78 is 52.3. The first kappa shape index (κ1) is 26.8. The van der Waals surface area contributed by atoms with Gasteiger partial charge in [0.15, 0.2) is 0 Å². The molecule has 243 valence electrons. The van der Waals surface area contributed by atoms with Gasteiger partial charge < -0.3 is 14.4 Å². The average Bonchev–Trinajstić information content (AvgIpc) is 3.56. The van der Waals surface area contributed by atoms with E-state index in [-0.39, 0.29) is 36.6 Å². The van der Waals surface area contributed by atoms with Crippen LogP contribution in [-0.4, -0.2) is 9.97 Å². The van der Waals surface area contributed by atoms with E-state index in [4.69, 9.17) is 12.6 Å². The SMILES string of the molecule is [2H]C([2H])([2H])c1cc(-c2[c-]cc3oc4ccc(C(C)(C)c5ccccc5)cc4c3c2)ncc1-c1ccccc1.[2H]C([2H])([2H])c1ccc(-c2[c-]cccc2)nc1.[Ir]. The number of aromatic nitrogens is 2. The van der Waals surface area contributed by atoms with Crippen molar-refractivity contribution in [3.8, 4) is 33.6 Å². The molecule has 0 saturated heterocycles. The molecule has 0 atom stereocenters. The third-order valence-corrected chi connectivity index (χ3v) is 8.63. The number of rotatable bonds is 5. The van der Waals surface area contributed by atoms with Gasteiger partial charge in [-0.3, -0.25) is 0 Å². The first-order valence-corrected chi connectivity index (χ1v) is 15.7. The maximum Gasteiger partial charge on any atom is 0.120 e. The molecule has 3 heterocycles. The van der Waals surface area contributed by atoms with Crippen molar-refractivity contribution in [3.63, 3.8) is 0 Å². The third-order valence-electron chi connectivity index (χ3n) is 8.63. The summed E-state index contributed by atoms with van der Waals surface area (Å²) in [5.41, 5.74) is 8.60. The molecule has 0 fully saturated rings. The van der Waals surface area contributed by atoms with Crippen LogP contribution in [0, 0.1) is 25.8 Å². The van der Waals surface area contributed by atoms with Gasteiger partial charge in [-0.05, 0) is 65.0 Å². The molecule has 3 aromatic heterocycles. The second-order valence-electron chi connectivity index (χ2n) is 12.1. The Kier molecular flexibility index (Phi) is 7.94. The number of pyridine rings is 2. The van der Waals surface area contributed by atoms with E-state index >= 15 is 0 Å². The summed E-state index contributed by atoms with van der Waals surface area (Å²) in [5, 5.41) is 1.96. The normalized spacial score (nSPS) is 13.4. The van der Waals surface area contributed by atoms with Crippen LogP contribution in [0.3, 0.4) is 0 Å². The average molecular weight is 819 g/mol. The van der Waals surface area contributed by atoms with Crippen molar-refractivity contribution < 1.29 is 32.7 Å². The molecule has 0 unspecified atom stereocenters. The van der Waals surface area contributed by atoms with E-state index in [9.17, 15) is 0 Å². The van der Waals surface area contributed by atoms with Gasteiger partial charge in [0.1, 0.15) is 5.58 Å². The van der Waals surface area contributed by atoms with Crippen molar-refractivity contribution in [1.82, 2.24) is 9.97 Å². The Bertz CT molecular complexity index is 2530. The van der Waals surface area contributed by atoms with E-state index in [0.29, 0.717) is 11.3 Å². The first-order chi connectivity index (χ1) is 25.8. The Balaban J connectivity index is 0.000000254. The molecule has 0 saturated carbocycles. The van der Waals surface area contributed by atoms with Crippen LogP contribution in [0.25, 0.3) is 55.6 Å². The number of fused-ring (bicyclic) bond motifs is 3. The summed E-state index contributed by atoms with van der Waals surface area (Å²) in [6, 6.07) is 48.8. The molecular weight excluding hydrogens is 777 g/mol. The zero-order valence-electron chi connectivity index (χ0n) is 33.0. The molecule has 3 nitrogen and oxygen atoms in total. The van der Waals surface area contributed by atoms with Crippen molar-refractivity contribution in [2.24, 2.45) is 0 Å². The predicted molar refractivity (Wildman–Crippen MR) is 198 cm³/mol. The van der Waals surface area contributed by atoms with Gasteiger partial charge in [0.2, 0.25) is 0 Å². The van der Waals surface area contributed by atoms with Crippen molar-refractivity contribution in [1.29, 1.82) is 0 Å². The summed E-state index contributed by atoms with van der Waals surface area (Å²) in [5.74, 6) is 0. The first-order valence-electron chi connectivity index (χ1n) is 18.7. The van der Waals surface area contributed by atoms with Crippen molar-refractivity contribution in [2.75, 3.05) is 0 Å². The Morgan fingerprint density at radius 2 is 1.39 bits per heavy atom. The number of aryl methyl sites for hydroxylation is 2. The summed E-state index contributed by atoms with van der Waals surface area (Å²) in [6.45, 7) is 0.0677. The van der Waals surface area contributed by atoms with Gasteiger partial charge in [-0.15, -0.1) is 59.7 Å². The minimum absolute atomic E-state index is 0. The maximum absolute atomic E-state index is 8.17. The number of nitrogens with zero attached hydrogens (tertiary/aromatic N) is 2. The second-order valence-corrected chi connectivity index (χ2v) is 12.1. The van der Waals surface area contributed by atoms with Gasteiger partial charge in [0.05, 0.1) is 5.58 Å². The van der Waals surface area contributed by atoms with Gasteiger partial charge in [-0.25, -0.2) is 0 Å². The van der Waals surface area contributed by atoms with Crippen molar-refractivity contribution in [3.05, 3.63) is 180 Å². The van der Waals surface area contributed by atoms with Crippen LogP contribution in [-0.2, 0) is 25.5 Å². The van der Waals surface area contributed by atoms with Gasteiger partial charge in [0.25, 0.3) is 0 Å². The number of hydrogen-bond donors (Lipinski definition) is 0. The predicted octanol–water partition coefficient (Wildman–Crippen LogP) is 11.6. The van der Waals surface area contributed by atoms with E-state index in [0.717, 1.165) is 44.3 Å². The minimum Gasteiger partial charge on any atom is -0.500 e. The fourth-order valence-electron chi connectivity index (χ4n) is 5.84. The minimum atomic E-state index is -2.28. The molecule has 8 rings (SSSR count). The zero-order valence-corrected chi connectivity index (χ0v) is 29.4. The summed E-state index contributed by atoms with van der Waals surface area (Å²) >= 11 is 0. The van der Waals surface area contributed by atoms with Gasteiger partial charge in [0, 0.05) is 57.1 Å². The van der Waals surface area contributed by atoms with Crippen LogP contribution < -0.4 is 0 Å². The molecular formula is C45H36IrN2O-2. The van der Waals surface area contributed by atoms with Crippen molar-refractivity contribution in [2.45, 2.75) is 33.0 Å². The van der Waals surface area contributed by atoms with Crippen LogP contribution >= 0.6 is 0 Å². The van der Waals surface area contributed by atoms with Crippen LogP contribution in [0.5, 0.6) is 0 Å². The second kappa shape index (κ2) is 14.5. The fourth-order valence-corrected chi connectivity index (χ4v) is 5.84. The van der Waals surface area contributed by atoms with Gasteiger partial charge in [-0.1, -0.05) is 104 Å². The topological polar surface area (TPSA) is 38.9 Å². The molecule has 4 heteroatoms. The molecule has 8 aromatic rings. The number of benzene rings is 5. The fraction of sp³-hybridized carbons (Fsp3) is 0.111. The third kappa shape index (κ3) is 7.17. The molecule has 0 amide bonds. The number of furan rings is 1. The van der Waals surface area contributed by atoms with Crippen molar-refractivity contribution >= 4 is 21.9 Å². The van der Waals surface area contributed by atoms with E-state index in [1.807, 2.05) is 72.8 Å². The Morgan fingerprint density at radius 3 is 2.10 bits per heavy atom. The standard InChI is InChI=1S/C33H26NO.C12H10N.Ir/c1-22-18-30(34-21-29(22)23-10-6-4-7-11-23)24-14-16-31-27(19-24)28-20-26(15-17-32(28)35-31)33(2,3)25-12-8-5-9-13-25;1-10-7-8-12(13-9-10)11-5-3-2-4-6-11;/h4-13,15-21H,1-3H3;2-5,7-9H,1H3;/q2*-1;/i2*1D3;. The van der Waals surface area contributed by atoms with E-state index < -0.39 is 13.7 Å². The Labute approximate surface area is 310 Å². The molecule has 49 heavy (non-hydrogen) atoms. The molecule has 0 aliphatic carbocycles. The van der Waals surface area contributed by atoms with E-state index in [1.54, 1.807) is 30.5 Å². The molecule has 1 radical (unpaired) electrons. The Hall–Kier alpha value is -5.15. The maximum atomic E-state index is 8.17. The molecule has 0 bridgehead atoms. The molecule has 5 aromatic carbocycles. The summed E-state index contributed by atoms with van der Waals surface area (Å²) in [6.07, 6.45) is 3.04. The number of hydrogen-bond acceptors (Lipinski definition) is 3. The van der Waals surface area contributed by atoms with Gasteiger partial charge >= 0.3 is 0 Å². The van der Waals surface area contributed by atoms with Crippen LogP contribution in [0.15, 0.2) is 150 Å². The smallest absolute Gasteiger partial charge is 0.120 e. The summed E-state index contributed by atoms with van der Waals surface area (Å²) in [4.78, 5) is 8.78. The van der Waals surface area contributed by atoms with Crippen LogP contribution in [0.2, 0.25) is 0 Å². The molecule has 0 aliphatic rings. The van der Waals surface area contributed by atoms with E-state index in [1.165, 1.54) is 17.3 Å². The quantitative estimate of drug-likeness (QED) is 0.162.